The lowest BCUT2D eigenvalue weighted by atomic mass is 10.0. The minimum absolute atomic E-state index is 0.0227. The number of carbonyl (C=O) groups excluding carboxylic acids is 2. The lowest BCUT2D eigenvalue weighted by Gasteiger charge is -2.32. The first-order valence-electron chi connectivity index (χ1n) is 12.9. The summed E-state index contributed by atoms with van der Waals surface area (Å²) in [5.41, 5.74) is 3.13. The van der Waals surface area contributed by atoms with Crippen LogP contribution in [0, 0.1) is 6.92 Å². The topological polar surface area (TPSA) is 58.6 Å². The van der Waals surface area contributed by atoms with E-state index in [0.29, 0.717) is 36.8 Å². The molecule has 3 aromatic carbocycles. The van der Waals surface area contributed by atoms with Gasteiger partial charge in [0.05, 0.1) is 6.61 Å². The summed E-state index contributed by atoms with van der Waals surface area (Å²) in [6.45, 7) is 6.81. The second-order valence-electron chi connectivity index (χ2n) is 9.44. The smallest absolute Gasteiger partial charge is 0.243 e. The third-order valence-electron chi connectivity index (χ3n) is 6.32. The minimum Gasteiger partial charge on any atom is -0.494 e. The molecule has 37 heavy (non-hydrogen) atoms. The van der Waals surface area contributed by atoms with Crippen LogP contribution in [0.2, 0.25) is 5.02 Å². The predicted molar refractivity (Wildman–Crippen MR) is 150 cm³/mol. The van der Waals surface area contributed by atoms with Crippen LogP contribution >= 0.6 is 11.6 Å². The van der Waals surface area contributed by atoms with Gasteiger partial charge < -0.3 is 15.0 Å². The molecular weight excluding hydrogens is 484 g/mol. The third-order valence-corrected chi connectivity index (χ3v) is 6.58. The molecule has 0 aromatic heterocycles. The van der Waals surface area contributed by atoms with Gasteiger partial charge in [0.15, 0.2) is 0 Å². The fraction of sp³-hybridized carbons (Fsp3) is 0.355. The Hall–Kier alpha value is -3.31. The van der Waals surface area contributed by atoms with Crippen LogP contribution in [0.25, 0.3) is 0 Å². The van der Waals surface area contributed by atoms with Crippen molar-refractivity contribution in [3.05, 3.63) is 101 Å². The Morgan fingerprint density at radius 1 is 0.973 bits per heavy atom. The van der Waals surface area contributed by atoms with E-state index in [1.54, 1.807) is 17.0 Å². The van der Waals surface area contributed by atoms with Crippen LogP contribution < -0.4 is 10.1 Å². The molecule has 0 saturated heterocycles. The van der Waals surface area contributed by atoms with Crippen molar-refractivity contribution in [2.24, 2.45) is 0 Å². The minimum atomic E-state index is -0.624. The first-order valence-corrected chi connectivity index (χ1v) is 13.3. The van der Waals surface area contributed by atoms with Gasteiger partial charge in [0.2, 0.25) is 11.8 Å². The van der Waals surface area contributed by atoms with E-state index in [0.717, 1.165) is 23.1 Å². The summed E-state index contributed by atoms with van der Waals surface area (Å²) in [6, 6.07) is 24.5. The summed E-state index contributed by atoms with van der Waals surface area (Å²) in [5.74, 6) is 0.515. The summed E-state index contributed by atoms with van der Waals surface area (Å²) in [5, 5.41) is 3.76. The van der Waals surface area contributed by atoms with Crippen molar-refractivity contribution in [1.82, 2.24) is 10.2 Å². The van der Waals surface area contributed by atoms with Gasteiger partial charge in [-0.15, -0.1) is 0 Å². The molecule has 0 heterocycles. The summed E-state index contributed by atoms with van der Waals surface area (Å²) in [4.78, 5) is 28.9. The second kappa shape index (κ2) is 14.4. The number of carbonyl (C=O) groups is 2. The molecule has 3 rings (SSSR count). The van der Waals surface area contributed by atoms with Gasteiger partial charge >= 0.3 is 0 Å². The molecule has 0 aliphatic rings. The molecule has 2 atom stereocenters. The van der Waals surface area contributed by atoms with Crippen molar-refractivity contribution in [1.29, 1.82) is 0 Å². The van der Waals surface area contributed by atoms with E-state index in [9.17, 15) is 9.59 Å². The standard InChI is InChI=1S/C31H37ClN2O3/c1-4-24(3)33-31(36)29(21-25-11-6-5-7-12-25)34(22-26-13-8-10-23(2)20-26)30(35)14-9-19-37-28-17-15-27(32)16-18-28/h5-8,10-13,15-18,20,24,29H,4,9,14,19,21-22H2,1-3H3,(H,33,36)/t24-,29+/m1/s1. The normalized spacial score (nSPS) is 12.4. The molecule has 6 heteroatoms. The van der Waals surface area contributed by atoms with E-state index in [1.165, 1.54) is 0 Å². The number of aryl methyl sites for hydroxylation is 1. The van der Waals surface area contributed by atoms with E-state index in [1.807, 2.05) is 81.4 Å². The van der Waals surface area contributed by atoms with Crippen LogP contribution in [-0.4, -0.2) is 35.4 Å². The molecule has 0 spiro atoms. The Bertz CT molecular complexity index is 1130. The van der Waals surface area contributed by atoms with E-state index < -0.39 is 6.04 Å². The highest BCUT2D eigenvalue weighted by Crippen LogP contribution is 2.19. The van der Waals surface area contributed by atoms with Crippen molar-refractivity contribution in [2.75, 3.05) is 6.61 Å². The van der Waals surface area contributed by atoms with Crippen LogP contribution in [0.5, 0.6) is 5.75 Å². The number of amides is 2. The van der Waals surface area contributed by atoms with E-state index in [-0.39, 0.29) is 24.3 Å². The first kappa shape index (κ1) is 28.3. The van der Waals surface area contributed by atoms with Crippen LogP contribution in [0.1, 0.15) is 49.8 Å². The van der Waals surface area contributed by atoms with Gasteiger partial charge in [0, 0.05) is 30.5 Å². The molecular formula is C31H37ClN2O3. The summed E-state index contributed by atoms with van der Waals surface area (Å²) in [6.07, 6.45) is 2.08. The molecule has 0 saturated carbocycles. The second-order valence-corrected chi connectivity index (χ2v) is 9.88. The molecule has 196 valence electrons. The number of nitrogens with one attached hydrogen (secondary N) is 1. The average molecular weight is 521 g/mol. The fourth-order valence-electron chi connectivity index (χ4n) is 4.09. The largest absolute Gasteiger partial charge is 0.494 e. The van der Waals surface area contributed by atoms with E-state index >= 15 is 0 Å². The molecule has 3 aromatic rings. The maximum atomic E-state index is 13.7. The van der Waals surface area contributed by atoms with Gasteiger partial charge in [0.1, 0.15) is 11.8 Å². The van der Waals surface area contributed by atoms with Gasteiger partial charge in [-0.1, -0.05) is 78.7 Å². The van der Waals surface area contributed by atoms with Gasteiger partial charge in [0.25, 0.3) is 0 Å². The van der Waals surface area contributed by atoms with Gasteiger partial charge in [-0.25, -0.2) is 0 Å². The molecule has 0 aliphatic carbocycles. The number of rotatable bonds is 13. The van der Waals surface area contributed by atoms with Crippen LogP contribution in [0.3, 0.4) is 0 Å². The maximum absolute atomic E-state index is 13.7. The summed E-state index contributed by atoms with van der Waals surface area (Å²) < 4.78 is 5.79. The van der Waals surface area contributed by atoms with Crippen LogP contribution in [0.15, 0.2) is 78.9 Å². The van der Waals surface area contributed by atoms with Crippen molar-refractivity contribution >= 4 is 23.4 Å². The predicted octanol–water partition coefficient (Wildman–Crippen LogP) is 6.36. The molecule has 0 radical (unpaired) electrons. The monoisotopic (exact) mass is 520 g/mol. The summed E-state index contributed by atoms with van der Waals surface area (Å²) in [7, 11) is 0. The van der Waals surface area contributed by atoms with Crippen LogP contribution in [0.4, 0.5) is 0 Å². The number of ether oxygens (including phenoxy) is 1. The molecule has 0 fully saturated rings. The molecule has 5 nitrogen and oxygen atoms in total. The lowest BCUT2D eigenvalue weighted by Crippen LogP contribution is -2.52. The highest BCUT2D eigenvalue weighted by molar-refractivity contribution is 6.30. The SMILES string of the molecule is CC[C@@H](C)NC(=O)[C@H](Cc1ccccc1)N(Cc1cccc(C)c1)C(=O)CCCOc1ccc(Cl)cc1. The van der Waals surface area contributed by atoms with E-state index in [2.05, 4.69) is 11.4 Å². The molecule has 2 amide bonds. The Morgan fingerprint density at radius 3 is 2.35 bits per heavy atom. The van der Waals surface area contributed by atoms with Crippen LogP contribution in [-0.2, 0) is 22.6 Å². The quantitative estimate of drug-likeness (QED) is 0.267. The Morgan fingerprint density at radius 2 is 1.68 bits per heavy atom. The van der Waals surface area contributed by atoms with Crippen molar-refractivity contribution < 1.29 is 14.3 Å². The molecule has 0 unspecified atom stereocenters. The van der Waals surface area contributed by atoms with Crippen molar-refractivity contribution in [2.45, 2.75) is 65.1 Å². The molecule has 1 N–H and O–H groups in total. The third kappa shape index (κ3) is 9.25. The molecule has 0 bridgehead atoms. The highest BCUT2D eigenvalue weighted by atomic mass is 35.5. The number of benzene rings is 3. The van der Waals surface area contributed by atoms with Gasteiger partial charge in [-0.3, -0.25) is 9.59 Å². The maximum Gasteiger partial charge on any atom is 0.243 e. The number of hydrogen-bond donors (Lipinski definition) is 1. The molecule has 0 aliphatic heterocycles. The number of halogens is 1. The lowest BCUT2D eigenvalue weighted by molar-refractivity contribution is -0.141. The Balaban J connectivity index is 1.79. The van der Waals surface area contributed by atoms with Crippen molar-refractivity contribution in [3.8, 4) is 5.75 Å². The highest BCUT2D eigenvalue weighted by Gasteiger charge is 2.30. The summed E-state index contributed by atoms with van der Waals surface area (Å²) >= 11 is 5.94. The van der Waals surface area contributed by atoms with E-state index in [4.69, 9.17) is 16.3 Å². The Kier molecular flexibility index (Phi) is 11.0. The first-order chi connectivity index (χ1) is 17.9. The fourth-order valence-corrected chi connectivity index (χ4v) is 4.22. The van der Waals surface area contributed by atoms with Gasteiger partial charge in [-0.2, -0.15) is 0 Å². The zero-order chi connectivity index (χ0) is 26.6. The van der Waals surface area contributed by atoms with Gasteiger partial charge in [-0.05, 0) is 62.1 Å². The average Bonchev–Trinajstić information content (AvgIpc) is 2.90. The number of hydrogen-bond acceptors (Lipinski definition) is 3. The number of nitrogens with zero attached hydrogens (tertiary/aromatic N) is 1. The zero-order valence-corrected chi connectivity index (χ0v) is 22.7. The zero-order valence-electron chi connectivity index (χ0n) is 22.0. The Labute approximate surface area is 225 Å². The van der Waals surface area contributed by atoms with Crippen molar-refractivity contribution in [3.63, 3.8) is 0 Å².